The number of anilines is 1. The second kappa shape index (κ2) is 6.83. The molecule has 0 aliphatic heterocycles. The molecule has 0 radical (unpaired) electrons. The van der Waals surface area contributed by atoms with Crippen molar-refractivity contribution in [1.29, 1.82) is 0 Å². The van der Waals surface area contributed by atoms with E-state index in [4.69, 9.17) is 0 Å². The molecule has 0 aliphatic rings. The number of hydrogen-bond acceptors (Lipinski definition) is 5. The SMILES string of the molecule is CCCc1nn(C)c(NCCc2cccnc2)c1[N+](=O)[O-]. The van der Waals surface area contributed by atoms with E-state index in [1.165, 1.54) is 0 Å². The van der Waals surface area contributed by atoms with Crippen molar-refractivity contribution in [2.45, 2.75) is 26.2 Å². The van der Waals surface area contributed by atoms with Crippen molar-refractivity contribution in [2.24, 2.45) is 7.05 Å². The molecule has 1 N–H and O–H groups in total. The van der Waals surface area contributed by atoms with Crippen molar-refractivity contribution >= 4 is 11.5 Å². The van der Waals surface area contributed by atoms with E-state index in [-0.39, 0.29) is 10.6 Å². The van der Waals surface area contributed by atoms with Crippen LogP contribution in [0, 0.1) is 10.1 Å². The normalized spacial score (nSPS) is 10.6. The molecule has 7 nitrogen and oxygen atoms in total. The lowest BCUT2D eigenvalue weighted by atomic mass is 10.2. The number of aromatic nitrogens is 3. The summed E-state index contributed by atoms with van der Waals surface area (Å²) >= 11 is 0. The zero-order valence-electron chi connectivity index (χ0n) is 12.2. The monoisotopic (exact) mass is 289 g/mol. The summed E-state index contributed by atoms with van der Waals surface area (Å²) in [6.45, 7) is 2.57. The van der Waals surface area contributed by atoms with E-state index in [0.717, 1.165) is 18.4 Å². The summed E-state index contributed by atoms with van der Waals surface area (Å²) < 4.78 is 1.55. The van der Waals surface area contributed by atoms with Gasteiger partial charge >= 0.3 is 5.69 Å². The summed E-state index contributed by atoms with van der Waals surface area (Å²) in [5.41, 5.74) is 1.71. The van der Waals surface area contributed by atoms with E-state index in [9.17, 15) is 10.1 Å². The summed E-state index contributed by atoms with van der Waals surface area (Å²) in [6, 6.07) is 3.86. The maximum atomic E-state index is 11.3. The third kappa shape index (κ3) is 3.56. The summed E-state index contributed by atoms with van der Waals surface area (Å²) in [4.78, 5) is 15.0. The Kier molecular flexibility index (Phi) is 4.86. The Morgan fingerprint density at radius 2 is 2.24 bits per heavy atom. The highest BCUT2D eigenvalue weighted by Crippen LogP contribution is 2.28. The molecule has 0 unspecified atom stereocenters. The Hall–Kier alpha value is -2.44. The number of hydrogen-bond donors (Lipinski definition) is 1. The van der Waals surface area contributed by atoms with Gasteiger partial charge in [0.15, 0.2) is 0 Å². The average molecular weight is 289 g/mol. The van der Waals surface area contributed by atoms with Gasteiger partial charge in [0.1, 0.15) is 5.69 Å². The molecule has 0 saturated carbocycles. The van der Waals surface area contributed by atoms with Gasteiger partial charge < -0.3 is 5.32 Å². The van der Waals surface area contributed by atoms with E-state index in [2.05, 4.69) is 15.4 Å². The molecule has 0 saturated heterocycles. The van der Waals surface area contributed by atoms with E-state index < -0.39 is 0 Å². The minimum Gasteiger partial charge on any atom is -0.364 e. The molecule has 0 atom stereocenters. The van der Waals surface area contributed by atoms with Crippen molar-refractivity contribution < 1.29 is 4.92 Å². The highest BCUT2D eigenvalue weighted by atomic mass is 16.6. The Morgan fingerprint density at radius 1 is 1.43 bits per heavy atom. The summed E-state index contributed by atoms with van der Waals surface area (Å²) in [5, 5.41) is 18.6. The van der Waals surface area contributed by atoms with Gasteiger partial charge in [0.05, 0.1) is 4.92 Å². The number of pyridine rings is 1. The van der Waals surface area contributed by atoms with Crippen LogP contribution in [0.25, 0.3) is 0 Å². The Morgan fingerprint density at radius 3 is 2.86 bits per heavy atom. The highest BCUT2D eigenvalue weighted by molar-refractivity contribution is 5.59. The third-order valence-corrected chi connectivity index (χ3v) is 3.19. The lowest BCUT2D eigenvalue weighted by Crippen LogP contribution is -2.10. The molecule has 0 aromatic carbocycles. The molecule has 21 heavy (non-hydrogen) atoms. The summed E-state index contributed by atoms with van der Waals surface area (Å²) in [6.07, 6.45) is 5.70. The number of rotatable bonds is 7. The number of aryl methyl sites for hydroxylation is 2. The summed E-state index contributed by atoms with van der Waals surface area (Å²) in [7, 11) is 1.72. The fourth-order valence-electron chi connectivity index (χ4n) is 2.23. The van der Waals surface area contributed by atoms with Gasteiger partial charge in [0.2, 0.25) is 5.82 Å². The molecule has 112 valence electrons. The molecule has 0 spiro atoms. The van der Waals surface area contributed by atoms with Gasteiger partial charge in [-0.05, 0) is 24.5 Å². The Balaban J connectivity index is 2.10. The third-order valence-electron chi connectivity index (χ3n) is 3.19. The second-order valence-corrected chi connectivity index (χ2v) is 4.81. The van der Waals surface area contributed by atoms with Gasteiger partial charge in [-0.25, -0.2) is 4.68 Å². The van der Waals surface area contributed by atoms with E-state index >= 15 is 0 Å². The molecular weight excluding hydrogens is 270 g/mol. The first-order valence-electron chi connectivity index (χ1n) is 6.96. The maximum absolute atomic E-state index is 11.3. The average Bonchev–Trinajstić information content (AvgIpc) is 2.77. The summed E-state index contributed by atoms with van der Waals surface area (Å²) in [5.74, 6) is 0.465. The van der Waals surface area contributed by atoms with Crippen LogP contribution in [0.5, 0.6) is 0 Å². The van der Waals surface area contributed by atoms with Gasteiger partial charge in [0, 0.05) is 26.0 Å². The van der Waals surface area contributed by atoms with Gasteiger partial charge in [-0.15, -0.1) is 0 Å². The quantitative estimate of drug-likeness (QED) is 0.624. The molecule has 2 rings (SSSR count). The predicted molar refractivity (Wildman–Crippen MR) is 80.3 cm³/mol. The lowest BCUT2D eigenvalue weighted by Gasteiger charge is -2.06. The van der Waals surface area contributed by atoms with Crippen LogP contribution in [0.2, 0.25) is 0 Å². The van der Waals surface area contributed by atoms with Crippen molar-refractivity contribution in [3.63, 3.8) is 0 Å². The van der Waals surface area contributed by atoms with Crippen molar-refractivity contribution in [2.75, 3.05) is 11.9 Å². The first-order chi connectivity index (χ1) is 10.1. The van der Waals surface area contributed by atoms with Crippen LogP contribution < -0.4 is 5.32 Å². The fraction of sp³-hybridized carbons (Fsp3) is 0.429. The zero-order valence-corrected chi connectivity index (χ0v) is 12.2. The second-order valence-electron chi connectivity index (χ2n) is 4.81. The largest absolute Gasteiger partial charge is 0.364 e. The van der Waals surface area contributed by atoms with Gasteiger partial charge in [-0.1, -0.05) is 19.4 Å². The molecule has 2 heterocycles. The van der Waals surface area contributed by atoms with Crippen molar-refractivity contribution in [3.05, 3.63) is 45.9 Å². The van der Waals surface area contributed by atoms with Crippen LogP contribution in [0.4, 0.5) is 11.5 Å². The molecule has 0 bridgehead atoms. The van der Waals surface area contributed by atoms with Gasteiger partial charge in [-0.3, -0.25) is 15.1 Å². The maximum Gasteiger partial charge on any atom is 0.333 e. The van der Waals surface area contributed by atoms with E-state index in [1.54, 1.807) is 24.1 Å². The number of nitrogens with one attached hydrogen (secondary N) is 1. The van der Waals surface area contributed by atoms with E-state index in [0.29, 0.717) is 24.5 Å². The number of nitro groups is 1. The number of nitrogens with zero attached hydrogens (tertiary/aromatic N) is 4. The Labute approximate surface area is 123 Å². The standard InChI is InChI=1S/C14H19N5O2/c1-3-5-12-13(19(20)21)14(18(2)17-12)16-9-7-11-6-4-8-15-10-11/h4,6,8,10,16H,3,5,7,9H2,1-2H3. The highest BCUT2D eigenvalue weighted by Gasteiger charge is 2.25. The van der Waals surface area contributed by atoms with Crippen LogP contribution in [-0.2, 0) is 19.9 Å². The van der Waals surface area contributed by atoms with Crippen LogP contribution in [0.1, 0.15) is 24.6 Å². The Bertz CT molecular complexity index is 609. The molecule has 7 heteroatoms. The van der Waals surface area contributed by atoms with Crippen LogP contribution >= 0.6 is 0 Å². The fourth-order valence-corrected chi connectivity index (χ4v) is 2.23. The molecular formula is C14H19N5O2. The van der Waals surface area contributed by atoms with Gasteiger partial charge in [0.25, 0.3) is 0 Å². The first-order valence-corrected chi connectivity index (χ1v) is 6.96. The molecule has 2 aromatic heterocycles. The molecule has 0 amide bonds. The van der Waals surface area contributed by atoms with Crippen LogP contribution in [-0.4, -0.2) is 26.2 Å². The van der Waals surface area contributed by atoms with E-state index in [1.807, 2.05) is 19.1 Å². The van der Waals surface area contributed by atoms with Crippen molar-refractivity contribution in [1.82, 2.24) is 14.8 Å². The molecule has 2 aromatic rings. The predicted octanol–water partition coefficient (Wildman–Crippen LogP) is 2.33. The first kappa shape index (κ1) is 15.0. The smallest absolute Gasteiger partial charge is 0.333 e. The minimum atomic E-state index is -0.357. The van der Waals surface area contributed by atoms with Crippen molar-refractivity contribution in [3.8, 4) is 0 Å². The minimum absolute atomic E-state index is 0.0885. The molecule has 0 aliphatic carbocycles. The zero-order chi connectivity index (χ0) is 15.2. The van der Waals surface area contributed by atoms with Crippen LogP contribution in [0.15, 0.2) is 24.5 Å². The lowest BCUT2D eigenvalue weighted by molar-refractivity contribution is -0.384. The van der Waals surface area contributed by atoms with Gasteiger partial charge in [-0.2, -0.15) is 5.10 Å². The van der Waals surface area contributed by atoms with Crippen LogP contribution in [0.3, 0.4) is 0 Å². The topological polar surface area (TPSA) is 85.9 Å². The molecule has 0 fully saturated rings.